The number of hydrogen-bond acceptors (Lipinski definition) is 5. The van der Waals surface area contributed by atoms with Crippen LogP contribution in [-0.4, -0.2) is 53.4 Å². The number of thiophene rings is 1. The average Bonchev–Trinajstić information content (AvgIpc) is 3.57. The predicted molar refractivity (Wildman–Crippen MR) is 135 cm³/mol. The van der Waals surface area contributed by atoms with Crippen LogP contribution >= 0.6 is 11.3 Å². The SMILES string of the molecule is Cc1ccc(-c2nn(-c3ccc(F)cc3)cc2C(=O)NC[C@H](c2cccs2)N2CCOCC2)cc1. The van der Waals surface area contributed by atoms with Crippen molar-refractivity contribution in [1.29, 1.82) is 0 Å². The third-order valence-electron chi connectivity index (χ3n) is 6.19. The highest BCUT2D eigenvalue weighted by Gasteiger charge is 2.25. The molecule has 1 saturated heterocycles. The molecule has 2 aromatic carbocycles. The zero-order valence-corrected chi connectivity index (χ0v) is 20.3. The summed E-state index contributed by atoms with van der Waals surface area (Å²) in [5.74, 6) is -0.510. The van der Waals surface area contributed by atoms with Crippen LogP contribution in [0.5, 0.6) is 0 Å². The largest absolute Gasteiger partial charge is 0.379 e. The zero-order chi connectivity index (χ0) is 24.2. The van der Waals surface area contributed by atoms with Crippen LogP contribution in [0, 0.1) is 12.7 Å². The van der Waals surface area contributed by atoms with E-state index in [-0.39, 0.29) is 17.8 Å². The van der Waals surface area contributed by atoms with Crippen molar-refractivity contribution in [3.8, 4) is 16.9 Å². The van der Waals surface area contributed by atoms with Crippen molar-refractivity contribution in [2.45, 2.75) is 13.0 Å². The van der Waals surface area contributed by atoms with Crippen molar-refractivity contribution in [3.05, 3.63) is 94.1 Å². The molecule has 2 aromatic heterocycles. The lowest BCUT2D eigenvalue weighted by Crippen LogP contribution is -2.43. The molecule has 0 radical (unpaired) electrons. The van der Waals surface area contributed by atoms with E-state index in [1.54, 1.807) is 34.3 Å². The van der Waals surface area contributed by atoms with Crippen molar-refractivity contribution >= 4 is 17.2 Å². The Morgan fingerprint density at radius 3 is 2.54 bits per heavy atom. The van der Waals surface area contributed by atoms with Crippen molar-refractivity contribution < 1.29 is 13.9 Å². The first-order chi connectivity index (χ1) is 17.1. The first-order valence-electron chi connectivity index (χ1n) is 11.6. The molecule has 0 unspecified atom stereocenters. The zero-order valence-electron chi connectivity index (χ0n) is 19.5. The fourth-order valence-corrected chi connectivity index (χ4v) is 5.12. The van der Waals surface area contributed by atoms with Gasteiger partial charge in [0.1, 0.15) is 11.5 Å². The van der Waals surface area contributed by atoms with Gasteiger partial charge in [-0.2, -0.15) is 5.10 Å². The van der Waals surface area contributed by atoms with Gasteiger partial charge in [-0.3, -0.25) is 9.69 Å². The van der Waals surface area contributed by atoms with Crippen LogP contribution in [0.15, 0.2) is 72.2 Å². The predicted octanol–water partition coefficient (Wildman–Crippen LogP) is 4.85. The Hall–Kier alpha value is -3.33. The Morgan fingerprint density at radius 2 is 1.86 bits per heavy atom. The minimum absolute atomic E-state index is 0.0813. The van der Waals surface area contributed by atoms with Gasteiger partial charge < -0.3 is 10.1 Å². The summed E-state index contributed by atoms with van der Waals surface area (Å²) >= 11 is 1.70. The maximum Gasteiger partial charge on any atom is 0.255 e. The van der Waals surface area contributed by atoms with Gasteiger partial charge >= 0.3 is 0 Å². The normalized spacial score (nSPS) is 15.1. The Morgan fingerprint density at radius 1 is 1.11 bits per heavy atom. The second-order valence-corrected chi connectivity index (χ2v) is 9.55. The van der Waals surface area contributed by atoms with E-state index in [1.165, 1.54) is 17.0 Å². The van der Waals surface area contributed by atoms with Gasteiger partial charge in [0.2, 0.25) is 0 Å². The molecule has 1 atom stereocenters. The summed E-state index contributed by atoms with van der Waals surface area (Å²) in [7, 11) is 0. The molecule has 35 heavy (non-hydrogen) atoms. The van der Waals surface area contributed by atoms with Gasteiger partial charge in [0, 0.05) is 36.3 Å². The number of morpholine rings is 1. The molecule has 6 nitrogen and oxygen atoms in total. The second-order valence-electron chi connectivity index (χ2n) is 8.57. The van der Waals surface area contributed by atoms with Crippen molar-refractivity contribution in [2.24, 2.45) is 0 Å². The fraction of sp³-hybridized carbons (Fsp3) is 0.259. The summed E-state index contributed by atoms with van der Waals surface area (Å²) in [5, 5.41) is 9.92. The first-order valence-corrected chi connectivity index (χ1v) is 12.5. The quantitative estimate of drug-likeness (QED) is 0.402. The number of ether oxygens (including phenoxy) is 1. The van der Waals surface area contributed by atoms with Crippen molar-refractivity contribution in [2.75, 3.05) is 32.8 Å². The molecule has 180 valence electrons. The van der Waals surface area contributed by atoms with Crippen LogP contribution in [0.1, 0.15) is 26.8 Å². The minimum Gasteiger partial charge on any atom is -0.379 e. The minimum atomic E-state index is -0.319. The lowest BCUT2D eigenvalue weighted by Gasteiger charge is -2.34. The number of carbonyl (C=O) groups is 1. The molecular weight excluding hydrogens is 463 g/mol. The number of halogens is 1. The van der Waals surface area contributed by atoms with Gasteiger partial charge in [0.25, 0.3) is 5.91 Å². The number of rotatable bonds is 7. The van der Waals surface area contributed by atoms with E-state index in [0.717, 1.165) is 24.2 Å². The molecule has 3 heterocycles. The molecule has 1 aliphatic heterocycles. The van der Waals surface area contributed by atoms with E-state index < -0.39 is 0 Å². The summed E-state index contributed by atoms with van der Waals surface area (Å²) in [6.07, 6.45) is 1.71. The maximum absolute atomic E-state index is 13.5. The molecule has 1 fully saturated rings. The smallest absolute Gasteiger partial charge is 0.255 e. The van der Waals surface area contributed by atoms with Gasteiger partial charge in [-0.1, -0.05) is 35.9 Å². The van der Waals surface area contributed by atoms with Crippen LogP contribution in [0.4, 0.5) is 4.39 Å². The van der Waals surface area contributed by atoms with Gasteiger partial charge in [-0.25, -0.2) is 9.07 Å². The van der Waals surface area contributed by atoms with Gasteiger partial charge in [-0.15, -0.1) is 11.3 Å². The van der Waals surface area contributed by atoms with E-state index in [4.69, 9.17) is 9.84 Å². The Labute approximate surface area is 208 Å². The summed E-state index contributed by atoms with van der Waals surface area (Å²) in [4.78, 5) is 17.1. The van der Waals surface area contributed by atoms with E-state index in [2.05, 4.69) is 21.7 Å². The monoisotopic (exact) mass is 490 g/mol. The number of nitrogens with zero attached hydrogens (tertiary/aromatic N) is 3. The van der Waals surface area contributed by atoms with Crippen LogP contribution in [-0.2, 0) is 4.74 Å². The van der Waals surface area contributed by atoms with Gasteiger partial charge in [0.15, 0.2) is 0 Å². The fourth-order valence-electron chi connectivity index (χ4n) is 4.26. The molecule has 1 N–H and O–H groups in total. The van der Waals surface area contributed by atoms with Crippen LogP contribution in [0.3, 0.4) is 0 Å². The van der Waals surface area contributed by atoms with Crippen LogP contribution in [0.2, 0.25) is 0 Å². The van der Waals surface area contributed by atoms with Crippen LogP contribution < -0.4 is 5.32 Å². The number of aromatic nitrogens is 2. The van der Waals surface area contributed by atoms with E-state index in [1.807, 2.05) is 37.3 Å². The standard InChI is InChI=1S/C27H27FN4O2S/c1-19-4-6-20(7-5-19)26-23(18-32(30-26)22-10-8-21(28)9-11-22)27(33)29-17-24(25-3-2-16-35-25)31-12-14-34-15-13-31/h2-11,16,18,24H,12-15,17H2,1H3,(H,29,33)/t24-/m1/s1. The molecule has 4 aromatic rings. The van der Waals surface area contributed by atoms with Gasteiger partial charge in [0.05, 0.1) is 30.5 Å². The second kappa shape index (κ2) is 10.5. The van der Waals surface area contributed by atoms with Crippen LogP contribution in [0.25, 0.3) is 16.9 Å². The third-order valence-corrected chi connectivity index (χ3v) is 7.16. The van der Waals surface area contributed by atoms with Crippen molar-refractivity contribution in [3.63, 3.8) is 0 Å². The summed E-state index contributed by atoms with van der Waals surface area (Å²) in [6.45, 7) is 5.54. The summed E-state index contributed by atoms with van der Waals surface area (Å²) < 4.78 is 20.6. The van der Waals surface area contributed by atoms with E-state index >= 15 is 0 Å². The lowest BCUT2D eigenvalue weighted by molar-refractivity contribution is 0.0169. The molecule has 0 aliphatic carbocycles. The van der Waals surface area contributed by atoms with E-state index in [9.17, 15) is 9.18 Å². The highest BCUT2D eigenvalue weighted by molar-refractivity contribution is 7.10. The molecule has 1 amide bonds. The average molecular weight is 491 g/mol. The molecule has 0 spiro atoms. The molecule has 8 heteroatoms. The van der Waals surface area contributed by atoms with Crippen molar-refractivity contribution in [1.82, 2.24) is 20.0 Å². The third kappa shape index (κ3) is 5.35. The molecular formula is C27H27FN4O2S. The topological polar surface area (TPSA) is 59.4 Å². The number of carbonyl (C=O) groups excluding carboxylic acids is 1. The lowest BCUT2D eigenvalue weighted by atomic mass is 10.1. The van der Waals surface area contributed by atoms with E-state index in [0.29, 0.717) is 36.7 Å². The summed E-state index contributed by atoms with van der Waals surface area (Å²) in [5.41, 5.74) is 3.73. The number of benzene rings is 2. The highest BCUT2D eigenvalue weighted by Crippen LogP contribution is 2.27. The molecule has 0 bridgehead atoms. The number of aryl methyl sites for hydroxylation is 1. The summed E-state index contributed by atoms with van der Waals surface area (Å²) in [6, 6.07) is 18.2. The molecule has 5 rings (SSSR count). The highest BCUT2D eigenvalue weighted by atomic mass is 32.1. The number of nitrogens with one attached hydrogen (secondary N) is 1. The molecule has 1 aliphatic rings. The Kier molecular flexibility index (Phi) is 7.03. The molecule has 0 saturated carbocycles. The Balaban J connectivity index is 1.43. The van der Waals surface area contributed by atoms with Gasteiger partial charge in [-0.05, 0) is 42.6 Å². The number of amides is 1. The first kappa shape index (κ1) is 23.4. The number of hydrogen-bond donors (Lipinski definition) is 1. The maximum atomic E-state index is 13.5. The Bertz CT molecular complexity index is 1260.